The predicted molar refractivity (Wildman–Crippen MR) is 137 cm³/mol. The van der Waals surface area contributed by atoms with E-state index in [1.165, 1.54) is 57.7 Å². The number of pyridine rings is 1. The molecule has 9 nitrogen and oxygen atoms in total. The van der Waals surface area contributed by atoms with Crippen LogP contribution in [0.1, 0.15) is 17.4 Å². The molecule has 0 atom stereocenters. The molecule has 0 spiro atoms. The van der Waals surface area contributed by atoms with Gasteiger partial charge in [0.05, 0.1) is 28.8 Å². The van der Waals surface area contributed by atoms with Gasteiger partial charge in [-0.25, -0.2) is 31.6 Å². The smallest absolute Gasteiger partial charge is 0.250 e. The van der Waals surface area contributed by atoms with Gasteiger partial charge in [0, 0.05) is 35.4 Å². The summed E-state index contributed by atoms with van der Waals surface area (Å²) in [6, 6.07) is 11.3. The first-order valence-electron chi connectivity index (χ1n) is 11.8. The zero-order valence-corrected chi connectivity index (χ0v) is 20.9. The molecule has 198 valence electrons. The summed E-state index contributed by atoms with van der Waals surface area (Å²) in [6.45, 7) is 0. The first kappa shape index (κ1) is 24.8. The third-order valence-electron chi connectivity index (χ3n) is 6.58. The van der Waals surface area contributed by atoms with Gasteiger partial charge in [0.1, 0.15) is 17.5 Å². The molecule has 0 unspecified atom stereocenters. The van der Waals surface area contributed by atoms with Crippen LogP contribution >= 0.6 is 0 Å². The first-order chi connectivity index (χ1) is 18.6. The van der Waals surface area contributed by atoms with Crippen LogP contribution in [0.3, 0.4) is 0 Å². The number of nitrogens with two attached hydrogens (primary N) is 1. The van der Waals surface area contributed by atoms with Crippen LogP contribution in [0.5, 0.6) is 0 Å². The average Bonchev–Trinajstić information content (AvgIpc) is 3.30. The van der Waals surface area contributed by atoms with Crippen molar-refractivity contribution in [3.8, 4) is 22.4 Å². The molecule has 1 saturated heterocycles. The maximum absolute atomic E-state index is 14.3. The van der Waals surface area contributed by atoms with Crippen molar-refractivity contribution in [1.29, 1.82) is 0 Å². The molecule has 2 aromatic carbocycles. The minimum absolute atomic E-state index is 0.0587. The van der Waals surface area contributed by atoms with E-state index in [1.807, 2.05) is 0 Å². The molecular weight excluding hydrogens is 533 g/mol. The Labute approximate surface area is 219 Å². The van der Waals surface area contributed by atoms with Crippen LogP contribution in [-0.4, -0.2) is 44.1 Å². The van der Waals surface area contributed by atoms with Gasteiger partial charge in [-0.05, 0) is 42.5 Å². The summed E-state index contributed by atoms with van der Waals surface area (Å²) >= 11 is 0. The maximum Gasteiger partial charge on any atom is 0.250 e. The lowest BCUT2D eigenvalue weighted by Gasteiger charge is -2.28. The number of benzene rings is 2. The molecule has 5 aromatic rings. The van der Waals surface area contributed by atoms with E-state index in [-0.39, 0.29) is 40.9 Å². The lowest BCUT2D eigenvalue weighted by atomic mass is 10.0. The van der Waals surface area contributed by atoms with Gasteiger partial charge in [-0.3, -0.25) is 4.79 Å². The van der Waals surface area contributed by atoms with Crippen molar-refractivity contribution in [2.45, 2.75) is 12.5 Å². The van der Waals surface area contributed by atoms with Crippen molar-refractivity contribution in [2.24, 2.45) is 0 Å². The molecule has 39 heavy (non-hydrogen) atoms. The number of halogens is 3. The van der Waals surface area contributed by atoms with E-state index in [0.29, 0.717) is 22.4 Å². The highest BCUT2D eigenvalue weighted by Crippen LogP contribution is 2.35. The number of aromatic nitrogens is 5. The Balaban J connectivity index is 1.57. The van der Waals surface area contributed by atoms with E-state index in [0.717, 1.165) is 12.1 Å². The normalized spacial score (nSPS) is 14.9. The van der Waals surface area contributed by atoms with Gasteiger partial charge in [0.2, 0.25) is 5.95 Å². The van der Waals surface area contributed by atoms with Crippen LogP contribution in [0.25, 0.3) is 28.0 Å². The monoisotopic (exact) mass is 552 g/mol. The van der Waals surface area contributed by atoms with E-state index in [1.54, 1.807) is 0 Å². The molecule has 1 aliphatic rings. The summed E-state index contributed by atoms with van der Waals surface area (Å²) in [4.78, 5) is 21.6. The van der Waals surface area contributed by atoms with Gasteiger partial charge in [0.25, 0.3) is 5.56 Å². The van der Waals surface area contributed by atoms with E-state index < -0.39 is 38.9 Å². The maximum atomic E-state index is 14.3. The number of nitrogens with zero attached hydrogens (tertiary/aromatic N) is 5. The summed E-state index contributed by atoms with van der Waals surface area (Å²) < 4.78 is 68.5. The van der Waals surface area contributed by atoms with Crippen LogP contribution in [0.4, 0.5) is 19.1 Å². The second-order valence-corrected chi connectivity index (χ2v) is 11.4. The zero-order valence-electron chi connectivity index (χ0n) is 20.1. The minimum atomic E-state index is -3.21. The van der Waals surface area contributed by atoms with Crippen molar-refractivity contribution < 1.29 is 21.6 Å². The summed E-state index contributed by atoms with van der Waals surface area (Å²) in [7, 11) is -3.21. The van der Waals surface area contributed by atoms with Crippen LogP contribution in [0, 0.1) is 17.5 Å². The summed E-state index contributed by atoms with van der Waals surface area (Å²) in [5.41, 5.74) is 7.35. The molecule has 0 aliphatic carbocycles. The lowest BCUT2D eigenvalue weighted by Crippen LogP contribution is -2.42. The largest absolute Gasteiger partial charge is 0.368 e. The van der Waals surface area contributed by atoms with E-state index in [9.17, 15) is 26.4 Å². The molecule has 2 N–H and O–H groups in total. The predicted octanol–water partition coefficient (Wildman–Crippen LogP) is 3.18. The Hall–Kier alpha value is -4.52. The van der Waals surface area contributed by atoms with Gasteiger partial charge in [-0.1, -0.05) is 6.07 Å². The Morgan fingerprint density at radius 2 is 1.59 bits per heavy atom. The summed E-state index contributed by atoms with van der Waals surface area (Å²) in [5, 5.41) is 4.32. The van der Waals surface area contributed by atoms with Gasteiger partial charge in [-0.15, -0.1) is 5.10 Å². The highest BCUT2D eigenvalue weighted by Gasteiger charge is 2.35. The van der Waals surface area contributed by atoms with Crippen molar-refractivity contribution in [3.05, 3.63) is 100.0 Å². The Bertz CT molecular complexity index is 1910. The second-order valence-electron chi connectivity index (χ2n) is 9.23. The van der Waals surface area contributed by atoms with Crippen molar-refractivity contribution in [1.82, 2.24) is 24.1 Å². The molecule has 1 aliphatic heterocycles. The molecule has 6 rings (SSSR count). The SMILES string of the molecule is Nc1nc(-c2ccc(F)cc2)c(-c2ccc(=O)n(C3CS(=O)(=O)C3)c2)c2nc(Cc3c(F)cccc3F)nn12. The fourth-order valence-corrected chi connectivity index (χ4v) is 6.05. The van der Waals surface area contributed by atoms with E-state index in [4.69, 9.17) is 5.73 Å². The molecule has 0 bridgehead atoms. The third-order valence-corrected chi connectivity index (χ3v) is 8.37. The molecule has 4 heterocycles. The number of hydrogen-bond donors (Lipinski definition) is 1. The number of rotatable bonds is 5. The van der Waals surface area contributed by atoms with Crippen LogP contribution in [0.15, 0.2) is 65.6 Å². The van der Waals surface area contributed by atoms with Gasteiger partial charge >= 0.3 is 0 Å². The van der Waals surface area contributed by atoms with Crippen molar-refractivity contribution in [3.63, 3.8) is 0 Å². The fourth-order valence-electron chi connectivity index (χ4n) is 4.65. The van der Waals surface area contributed by atoms with Gasteiger partial charge < -0.3 is 10.3 Å². The third kappa shape index (κ3) is 4.44. The van der Waals surface area contributed by atoms with E-state index in [2.05, 4.69) is 15.1 Å². The molecule has 3 aromatic heterocycles. The number of fused-ring (bicyclic) bond motifs is 1. The topological polar surface area (TPSA) is 125 Å². The Kier molecular flexibility index (Phi) is 5.75. The molecule has 0 amide bonds. The fraction of sp³-hybridized carbons (Fsp3) is 0.154. The second kappa shape index (κ2) is 9.05. The quantitative estimate of drug-likeness (QED) is 0.355. The number of nitrogen functional groups attached to an aromatic ring is 1. The highest BCUT2D eigenvalue weighted by molar-refractivity contribution is 7.92. The molecule has 1 fully saturated rings. The summed E-state index contributed by atoms with van der Waals surface area (Å²) in [5.74, 6) is -2.34. The van der Waals surface area contributed by atoms with Gasteiger partial charge in [0.15, 0.2) is 21.3 Å². The Morgan fingerprint density at radius 3 is 2.26 bits per heavy atom. The first-order valence-corrected chi connectivity index (χ1v) is 13.6. The average molecular weight is 553 g/mol. The summed E-state index contributed by atoms with van der Waals surface area (Å²) in [6.07, 6.45) is 1.23. The van der Waals surface area contributed by atoms with Crippen LogP contribution < -0.4 is 11.3 Å². The van der Waals surface area contributed by atoms with Crippen LogP contribution in [0.2, 0.25) is 0 Å². The van der Waals surface area contributed by atoms with Crippen molar-refractivity contribution in [2.75, 3.05) is 17.2 Å². The van der Waals surface area contributed by atoms with E-state index >= 15 is 0 Å². The molecule has 0 saturated carbocycles. The highest BCUT2D eigenvalue weighted by atomic mass is 32.2. The number of anilines is 1. The number of sulfone groups is 1. The van der Waals surface area contributed by atoms with Crippen LogP contribution in [-0.2, 0) is 16.3 Å². The minimum Gasteiger partial charge on any atom is -0.368 e. The van der Waals surface area contributed by atoms with Gasteiger partial charge in [-0.2, -0.15) is 4.52 Å². The zero-order chi connectivity index (χ0) is 27.5. The van der Waals surface area contributed by atoms with Crippen molar-refractivity contribution >= 4 is 21.4 Å². The Morgan fingerprint density at radius 1 is 0.923 bits per heavy atom. The standard InChI is InChI=1S/C26H19F3N6O3S/c27-16-7-4-14(5-8-16)24-23(15-6-9-22(36)34(11-15)17-12-39(37,38)13-17)25-31-21(33-35(25)26(30)32-24)10-18-19(28)2-1-3-20(18)29/h1-9,11,17H,10,12-13H2,(H2,30,32). The molecular formula is C26H19F3N6O3S. The number of hydrogen-bond acceptors (Lipinski definition) is 7. The molecule has 0 radical (unpaired) electrons. The lowest BCUT2D eigenvalue weighted by molar-refractivity contribution is 0.498. The molecule has 13 heteroatoms.